The Bertz CT molecular complexity index is 636. The van der Waals surface area contributed by atoms with Gasteiger partial charge >= 0.3 is 5.97 Å². The summed E-state index contributed by atoms with van der Waals surface area (Å²) in [4.78, 5) is 12.1. The normalized spacial score (nSPS) is 10.5. The molecule has 0 aliphatic heterocycles. The summed E-state index contributed by atoms with van der Waals surface area (Å²) >= 11 is 6.73. The molecular formula is C16H14Br2O3. The summed E-state index contributed by atoms with van der Waals surface area (Å²) < 4.78 is 12.6. The van der Waals surface area contributed by atoms with Gasteiger partial charge in [-0.25, -0.2) is 4.79 Å². The first-order chi connectivity index (χ1) is 9.95. The van der Waals surface area contributed by atoms with Crippen molar-refractivity contribution in [2.45, 2.75) is 20.0 Å². The van der Waals surface area contributed by atoms with Gasteiger partial charge in [-0.3, -0.25) is 0 Å². The summed E-state index contributed by atoms with van der Waals surface area (Å²) in [6.07, 6.45) is 0.0712. The second-order valence-corrected chi connectivity index (χ2v) is 6.43. The van der Waals surface area contributed by atoms with Gasteiger partial charge in [-0.15, -0.1) is 0 Å². The maximum absolute atomic E-state index is 12.1. The van der Waals surface area contributed by atoms with Gasteiger partial charge in [0.1, 0.15) is 11.5 Å². The number of benzene rings is 2. The van der Waals surface area contributed by atoms with Crippen molar-refractivity contribution in [1.29, 1.82) is 0 Å². The number of carbonyl (C=O) groups is 1. The van der Waals surface area contributed by atoms with Gasteiger partial charge in [-0.2, -0.15) is 0 Å². The van der Waals surface area contributed by atoms with Gasteiger partial charge in [0.05, 0.1) is 16.1 Å². The van der Waals surface area contributed by atoms with Crippen molar-refractivity contribution in [3.8, 4) is 11.5 Å². The second-order valence-electron chi connectivity index (χ2n) is 4.66. The minimum atomic E-state index is -0.408. The largest absolute Gasteiger partial charge is 0.490 e. The summed E-state index contributed by atoms with van der Waals surface area (Å²) in [7, 11) is 0. The van der Waals surface area contributed by atoms with Gasteiger partial charge in [-0.05, 0) is 72.2 Å². The Kier molecular flexibility index (Phi) is 5.42. The number of esters is 1. The molecule has 0 fully saturated rings. The molecule has 21 heavy (non-hydrogen) atoms. The molecular weight excluding hydrogens is 400 g/mol. The van der Waals surface area contributed by atoms with E-state index >= 15 is 0 Å². The maximum atomic E-state index is 12.1. The van der Waals surface area contributed by atoms with E-state index in [0.717, 1.165) is 8.95 Å². The number of hydrogen-bond acceptors (Lipinski definition) is 3. The lowest BCUT2D eigenvalue weighted by atomic mass is 10.2. The third kappa shape index (κ3) is 4.58. The van der Waals surface area contributed by atoms with Crippen LogP contribution in [0.1, 0.15) is 24.2 Å². The Labute approximate surface area is 140 Å². The zero-order valence-electron chi connectivity index (χ0n) is 11.6. The summed E-state index contributed by atoms with van der Waals surface area (Å²) in [6, 6.07) is 12.2. The van der Waals surface area contributed by atoms with Crippen molar-refractivity contribution in [2.24, 2.45) is 0 Å². The molecule has 5 heteroatoms. The summed E-state index contributed by atoms with van der Waals surface area (Å²) in [5.41, 5.74) is 0.459. The van der Waals surface area contributed by atoms with Crippen LogP contribution in [0.25, 0.3) is 0 Å². The maximum Gasteiger partial charge on any atom is 0.343 e. The van der Waals surface area contributed by atoms with Gasteiger partial charge in [0.2, 0.25) is 0 Å². The smallest absolute Gasteiger partial charge is 0.343 e. The van der Waals surface area contributed by atoms with Gasteiger partial charge in [0.15, 0.2) is 0 Å². The molecule has 0 N–H and O–H groups in total. The Morgan fingerprint density at radius 1 is 1.05 bits per heavy atom. The lowest BCUT2D eigenvalue weighted by Gasteiger charge is -2.12. The summed E-state index contributed by atoms with van der Waals surface area (Å²) in [5.74, 6) is 0.793. The first kappa shape index (κ1) is 16.0. The van der Waals surface area contributed by atoms with Crippen molar-refractivity contribution in [3.63, 3.8) is 0 Å². The monoisotopic (exact) mass is 412 g/mol. The molecule has 110 valence electrons. The van der Waals surface area contributed by atoms with Crippen LogP contribution in [0.5, 0.6) is 11.5 Å². The van der Waals surface area contributed by atoms with E-state index in [1.807, 2.05) is 26.0 Å². The molecule has 3 nitrogen and oxygen atoms in total. The van der Waals surface area contributed by atoms with E-state index in [1.54, 1.807) is 30.3 Å². The molecule has 0 radical (unpaired) electrons. The van der Waals surface area contributed by atoms with Crippen LogP contribution in [0, 0.1) is 0 Å². The van der Waals surface area contributed by atoms with Crippen LogP contribution in [-0.2, 0) is 0 Å². The third-order valence-corrected chi connectivity index (χ3v) is 3.70. The van der Waals surface area contributed by atoms with Crippen LogP contribution in [0.3, 0.4) is 0 Å². The highest BCUT2D eigenvalue weighted by Gasteiger charge is 2.12. The highest BCUT2D eigenvalue weighted by Crippen LogP contribution is 2.27. The van der Waals surface area contributed by atoms with Crippen LogP contribution in [0.4, 0.5) is 0 Å². The van der Waals surface area contributed by atoms with Crippen LogP contribution >= 0.6 is 31.9 Å². The van der Waals surface area contributed by atoms with Crippen molar-refractivity contribution >= 4 is 37.8 Å². The quantitative estimate of drug-likeness (QED) is 0.509. The summed E-state index contributed by atoms with van der Waals surface area (Å²) in [5, 5.41) is 0. The minimum absolute atomic E-state index is 0.0712. The molecule has 0 saturated carbocycles. The number of rotatable bonds is 4. The predicted molar refractivity (Wildman–Crippen MR) is 89.0 cm³/mol. The molecule has 0 aliphatic rings. The van der Waals surface area contributed by atoms with E-state index in [9.17, 15) is 4.79 Å². The first-order valence-corrected chi connectivity index (χ1v) is 7.98. The van der Waals surface area contributed by atoms with E-state index in [2.05, 4.69) is 31.9 Å². The Hall–Kier alpha value is -1.33. The molecule has 0 unspecified atom stereocenters. The lowest BCUT2D eigenvalue weighted by Crippen LogP contribution is -2.10. The van der Waals surface area contributed by atoms with Gasteiger partial charge in [0, 0.05) is 4.47 Å². The molecule has 0 aromatic heterocycles. The van der Waals surface area contributed by atoms with Crippen LogP contribution in [0.15, 0.2) is 51.4 Å². The van der Waals surface area contributed by atoms with Crippen molar-refractivity contribution in [3.05, 3.63) is 57.0 Å². The Balaban J connectivity index is 2.12. The fourth-order valence-electron chi connectivity index (χ4n) is 1.65. The molecule has 0 saturated heterocycles. The van der Waals surface area contributed by atoms with Crippen molar-refractivity contribution in [2.75, 3.05) is 0 Å². The zero-order chi connectivity index (χ0) is 15.4. The van der Waals surface area contributed by atoms with E-state index in [0.29, 0.717) is 17.1 Å². The molecule has 2 aromatic rings. The Morgan fingerprint density at radius 2 is 1.71 bits per heavy atom. The zero-order valence-corrected chi connectivity index (χ0v) is 14.8. The number of halogens is 2. The number of ether oxygens (including phenoxy) is 2. The molecule has 0 heterocycles. The van der Waals surface area contributed by atoms with Gasteiger partial charge < -0.3 is 9.47 Å². The van der Waals surface area contributed by atoms with E-state index in [4.69, 9.17) is 9.47 Å². The molecule has 2 rings (SSSR count). The molecule has 0 atom stereocenters. The second kappa shape index (κ2) is 7.09. The highest BCUT2D eigenvalue weighted by atomic mass is 79.9. The third-order valence-electron chi connectivity index (χ3n) is 2.55. The fourth-order valence-corrected chi connectivity index (χ4v) is 2.38. The summed E-state index contributed by atoms with van der Waals surface area (Å²) in [6.45, 7) is 3.89. The predicted octanol–water partition coefficient (Wildman–Crippen LogP) is 5.22. The average Bonchev–Trinajstić information content (AvgIpc) is 2.43. The number of carbonyl (C=O) groups excluding carboxylic acids is 1. The van der Waals surface area contributed by atoms with E-state index < -0.39 is 5.97 Å². The molecule has 0 bridgehead atoms. The average molecular weight is 414 g/mol. The SMILES string of the molecule is CC(C)Oc1ccc(C(=O)Oc2ccc(Br)cc2)cc1Br. The van der Waals surface area contributed by atoms with Gasteiger partial charge in [0.25, 0.3) is 0 Å². The van der Waals surface area contributed by atoms with Crippen LogP contribution in [0.2, 0.25) is 0 Å². The van der Waals surface area contributed by atoms with Crippen LogP contribution < -0.4 is 9.47 Å². The first-order valence-electron chi connectivity index (χ1n) is 6.39. The van der Waals surface area contributed by atoms with Crippen molar-refractivity contribution < 1.29 is 14.3 Å². The van der Waals surface area contributed by atoms with E-state index in [-0.39, 0.29) is 6.10 Å². The molecule has 0 amide bonds. The van der Waals surface area contributed by atoms with Crippen molar-refractivity contribution in [1.82, 2.24) is 0 Å². The topological polar surface area (TPSA) is 35.5 Å². The standard InChI is InChI=1S/C16H14Br2O3/c1-10(2)20-15-8-3-11(9-14(15)18)16(19)21-13-6-4-12(17)5-7-13/h3-10H,1-2H3. The molecule has 0 aliphatic carbocycles. The minimum Gasteiger partial charge on any atom is -0.490 e. The fraction of sp³-hybridized carbons (Fsp3) is 0.188. The highest BCUT2D eigenvalue weighted by molar-refractivity contribution is 9.10. The Morgan fingerprint density at radius 3 is 2.29 bits per heavy atom. The molecule has 0 spiro atoms. The number of hydrogen-bond donors (Lipinski definition) is 0. The lowest BCUT2D eigenvalue weighted by molar-refractivity contribution is 0.0734. The van der Waals surface area contributed by atoms with Crippen LogP contribution in [-0.4, -0.2) is 12.1 Å². The van der Waals surface area contributed by atoms with E-state index in [1.165, 1.54) is 0 Å². The molecule has 2 aromatic carbocycles. The van der Waals surface area contributed by atoms with Gasteiger partial charge in [-0.1, -0.05) is 15.9 Å².